The van der Waals surface area contributed by atoms with Crippen molar-refractivity contribution in [3.8, 4) is 5.75 Å². The van der Waals surface area contributed by atoms with Gasteiger partial charge in [-0.2, -0.15) is 0 Å². The first-order valence-electron chi connectivity index (χ1n) is 5.44. The monoisotopic (exact) mass is 223 g/mol. The fourth-order valence-electron chi connectivity index (χ4n) is 1.65. The van der Waals surface area contributed by atoms with Crippen LogP contribution in [0.2, 0.25) is 0 Å². The van der Waals surface area contributed by atoms with E-state index in [2.05, 4.69) is 26.1 Å². The van der Waals surface area contributed by atoms with Crippen LogP contribution >= 0.6 is 0 Å². The zero-order chi connectivity index (χ0) is 12.3. The molecular formula is C13H21NO2. The molecule has 0 aliphatic rings. The summed E-state index contributed by atoms with van der Waals surface area (Å²) in [7, 11) is 3.39. The van der Waals surface area contributed by atoms with Gasteiger partial charge in [-0.25, -0.2) is 0 Å². The van der Waals surface area contributed by atoms with Gasteiger partial charge in [-0.05, 0) is 35.7 Å². The van der Waals surface area contributed by atoms with Crippen LogP contribution in [-0.4, -0.2) is 19.3 Å². The fraction of sp³-hybridized carbons (Fsp3) is 0.538. The van der Waals surface area contributed by atoms with Gasteiger partial charge in [0.1, 0.15) is 12.0 Å². The number of aliphatic hydroxyl groups is 1. The van der Waals surface area contributed by atoms with Crippen LogP contribution < -0.4 is 10.1 Å². The standard InChI is InChI=1S/C13H21NO2/c1-13(2,3)10-8-9(12(15)14-4)6-7-11(10)16-5/h6-8,12,14-15H,1-5H3. The highest BCUT2D eigenvalue weighted by atomic mass is 16.5. The van der Waals surface area contributed by atoms with Gasteiger partial charge in [0.15, 0.2) is 0 Å². The molecular weight excluding hydrogens is 202 g/mol. The van der Waals surface area contributed by atoms with Gasteiger partial charge in [-0.15, -0.1) is 0 Å². The smallest absolute Gasteiger partial charge is 0.130 e. The Kier molecular flexibility index (Phi) is 3.94. The van der Waals surface area contributed by atoms with Crippen molar-refractivity contribution in [2.75, 3.05) is 14.2 Å². The first kappa shape index (κ1) is 13.0. The van der Waals surface area contributed by atoms with E-state index in [4.69, 9.17) is 4.74 Å². The Morgan fingerprint density at radius 3 is 2.38 bits per heavy atom. The van der Waals surface area contributed by atoms with E-state index in [0.29, 0.717) is 0 Å². The molecule has 16 heavy (non-hydrogen) atoms. The van der Waals surface area contributed by atoms with Crippen LogP contribution in [0, 0.1) is 0 Å². The molecule has 0 aromatic heterocycles. The number of aliphatic hydroxyl groups excluding tert-OH is 1. The summed E-state index contributed by atoms with van der Waals surface area (Å²) in [6.45, 7) is 6.38. The summed E-state index contributed by atoms with van der Waals surface area (Å²) in [5.74, 6) is 0.861. The van der Waals surface area contributed by atoms with Gasteiger partial charge >= 0.3 is 0 Å². The van der Waals surface area contributed by atoms with Gasteiger partial charge in [0.25, 0.3) is 0 Å². The topological polar surface area (TPSA) is 41.5 Å². The van der Waals surface area contributed by atoms with Crippen molar-refractivity contribution in [1.82, 2.24) is 5.32 Å². The highest BCUT2D eigenvalue weighted by molar-refractivity contribution is 5.42. The van der Waals surface area contributed by atoms with Crippen LogP contribution in [-0.2, 0) is 5.41 Å². The lowest BCUT2D eigenvalue weighted by Crippen LogP contribution is -2.18. The van der Waals surface area contributed by atoms with E-state index in [1.54, 1.807) is 14.2 Å². The highest BCUT2D eigenvalue weighted by Crippen LogP contribution is 2.32. The van der Waals surface area contributed by atoms with Crippen LogP contribution in [0.3, 0.4) is 0 Å². The Hall–Kier alpha value is -1.06. The zero-order valence-electron chi connectivity index (χ0n) is 10.7. The number of ether oxygens (including phenoxy) is 1. The molecule has 1 unspecified atom stereocenters. The Balaban J connectivity index is 3.22. The first-order chi connectivity index (χ1) is 7.40. The maximum atomic E-state index is 9.73. The quantitative estimate of drug-likeness (QED) is 0.772. The van der Waals surface area contributed by atoms with E-state index in [-0.39, 0.29) is 5.41 Å². The molecule has 90 valence electrons. The predicted molar refractivity (Wildman–Crippen MR) is 65.7 cm³/mol. The van der Waals surface area contributed by atoms with Crippen molar-refractivity contribution in [3.63, 3.8) is 0 Å². The Morgan fingerprint density at radius 1 is 1.31 bits per heavy atom. The minimum atomic E-state index is -0.632. The number of methoxy groups -OCH3 is 1. The average molecular weight is 223 g/mol. The normalized spacial score (nSPS) is 13.6. The van der Waals surface area contributed by atoms with E-state index in [1.807, 2.05) is 18.2 Å². The molecule has 3 nitrogen and oxygen atoms in total. The Labute approximate surface area is 97.4 Å². The van der Waals surface area contributed by atoms with E-state index < -0.39 is 6.23 Å². The lowest BCUT2D eigenvalue weighted by atomic mass is 9.85. The van der Waals surface area contributed by atoms with Gasteiger partial charge in [0.2, 0.25) is 0 Å². The minimum absolute atomic E-state index is 0.00514. The zero-order valence-corrected chi connectivity index (χ0v) is 10.7. The van der Waals surface area contributed by atoms with Crippen molar-refractivity contribution in [2.24, 2.45) is 0 Å². The van der Waals surface area contributed by atoms with Crippen LogP contribution in [0.5, 0.6) is 5.75 Å². The molecule has 0 fully saturated rings. The maximum Gasteiger partial charge on any atom is 0.130 e. The molecule has 0 aliphatic carbocycles. The first-order valence-corrected chi connectivity index (χ1v) is 5.44. The molecule has 1 atom stereocenters. The van der Waals surface area contributed by atoms with E-state index in [9.17, 15) is 5.11 Å². The van der Waals surface area contributed by atoms with Crippen molar-refractivity contribution in [2.45, 2.75) is 32.4 Å². The van der Waals surface area contributed by atoms with Gasteiger partial charge < -0.3 is 9.84 Å². The molecule has 0 spiro atoms. The number of nitrogens with one attached hydrogen (secondary N) is 1. The minimum Gasteiger partial charge on any atom is -0.496 e. The largest absolute Gasteiger partial charge is 0.496 e. The third kappa shape index (κ3) is 2.74. The number of hydrogen-bond donors (Lipinski definition) is 2. The van der Waals surface area contributed by atoms with E-state index in [0.717, 1.165) is 16.9 Å². The van der Waals surface area contributed by atoms with Crippen molar-refractivity contribution >= 4 is 0 Å². The molecule has 1 aromatic carbocycles. The average Bonchev–Trinajstić information content (AvgIpc) is 2.26. The fourth-order valence-corrected chi connectivity index (χ4v) is 1.65. The van der Waals surface area contributed by atoms with Crippen molar-refractivity contribution in [1.29, 1.82) is 0 Å². The summed E-state index contributed by atoms with van der Waals surface area (Å²) >= 11 is 0. The molecule has 0 amide bonds. The second-order valence-corrected chi connectivity index (χ2v) is 4.90. The lowest BCUT2D eigenvalue weighted by Gasteiger charge is -2.23. The van der Waals surface area contributed by atoms with E-state index in [1.165, 1.54) is 0 Å². The molecule has 0 saturated carbocycles. The Morgan fingerprint density at radius 2 is 1.94 bits per heavy atom. The van der Waals surface area contributed by atoms with Gasteiger partial charge in [0.05, 0.1) is 7.11 Å². The number of benzene rings is 1. The SMILES string of the molecule is CNC(O)c1ccc(OC)c(C(C)(C)C)c1. The molecule has 3 heteroatoms. The van der Waals surface area contributed by atoms with E-state index >= 15 is 0 Å². The molecule has 1 aromatic rings. The van der Waals surface area contributed by atoms with Gasteiger partial charge in [0, 0.05) is 0 Å². The molecule has 0 heterocycles. The van der Waals surface area contributed by atoms with Crippen molar-refractivity contribution < 1.29 is 9.84 Å². The van der Waals surface area contributed by atoms with Gasteiger partial charge in [-0.3, -0.25) is 5.32 Å². The summed E-state index contributed by atoms with van der Waals surface area (Å²) < 4.78 is 5.34. The second kappa shape index (κ2) is 4.85. The number of rotatable bonds is 3. The molecule has 0 bridgehead atoms. The van der Waals surface area contributed by atoms with Crippen LogP contribution in [0.25, 0.3) is 0 Å². The predicted octanol–water partition coefficient (Wildman–Crippen LogP) is 2.20. The Bertz CT molecular complexity index is 355. The molecule has 0 saturated heterocycles. The second-order valence-electron chi connectivity index (χ2n) is 4.90. The van der Waals surface area contributed by atoms with Crippen LogP contribution in [0.15, 0.2) is 18.2 Å². The van der Waals surface area contributed by atoms with Crippen LogP contribution in [0.1, 0.15) is 38.1 Å². The summed E-state index contributed by atoms with van der Waals surface area (Å²) in [6.07, 6.45) is -0.632. The molecule has 0 aliphatic heterocycles. The summed E-state index contributed by atoms with van der Waals surface area (Å²) in [6, 6.07) is 5.76. The molecule has 2 N–H and O–H groups in total. The molecule has 1 rings (SSSR count). The highest BCUT2D eigenvalue weighted by Gasteiger charge is 2.20. The van der Waals surface area contributed by atoms with Crippen LogP contribution in [0.4, 0.5) is 0 Å². The lowest BCUT2D eigenvalue weighted by molar-refractivity contribution is 0.149. The number of hydrogen-bond acceptors (Lipinski definition) is 3. The summed E-state index contributed by atoms with van der Waals surface area (Å²) in [5, 5.41) is 12.5. The summed E-state index contributed by atoms with van der Waals surface area (Å²) in [4.78, 5) is 0. The maximum absolute atomic E-state index is 9.73. The third-order valence-corrected chi connectivity index (χ3v) is 2.62. The summed E-state index contributed by atoms with van der Waals surface area (Å²) in [5.41, 5.74) is 1.95. The van der Waals surface area contributed by atoms with Gasteiger partial charge in [-0.1, -0.05) is 26.8 Å². The molecule has 0 radical (unpaired) electrons. The van der Waals surface area contributed by atoms with Crippen molar-refractivity contribution in [3.05, 3.63) is 29.3 Å². The third-order valence-electron chi connectivity index (χ3n) is 2.62.